The number of hydrogen-bond acceptors (Lipinski definition) is 6. The van der Waals surface area contributed by atoms with Gasteiger partial charge >= 0.3 is 6.18 Å². The maximum absolute atomic E-state index is 12.9. The molecule has 1 N–H and O–H groups in total. The van der Waals surface area contributed by atoms with Crippen molar-refractivity contribution in [2.24, 2.45) is 0 Å². The van der Waals surface area contributed by atoms with E-state index in [0.717, 1.165) is 17.7 Å². The molecule has 2 heterocycles. The number of aryl methyl sites for hydroxylation is 1. The van der Waals surface area contributed by atoms with E-state index in [1.807, 2.05) is 11.8 Å². The van der Waals surface area contributed by atoms with Crippen molar-refractivity contribution in [1.82, 2.24) is 14.3 Å². The molecule has 2 aromatic carbocycles. The standard InChI is InChI=1S/C22H22F3N5O2S/c1-16-2-8-19(9-3-16)33(31,32)30-12-10-29(11-13-30)21-14-20(26-15-27-21)28-18-6-4-17(5-7-18)22(23,24)25/h2-9,14-15H,10-13H2,1H3,(H,26,27,28). The Morgan fingerprint density at radius 2 is 1.55 bits per heavy atom. The number of sulfonamides is 1. The van der Waals surface area contributed by atoms with Crippen LogP contribution in [0.5, 0.6) is 0 Å². The third-order valence-electron chi connectivity index (χ3n) is 5.36. The number of benzene rings is 2. The monoisotopic (exact) mass is 477 g/mol. The third kappa shape index (κ3) is 5.25. The van der Waals surface area contributed by atoms with Crippen molar-refractivity contribution in [2.45, 2.75) is 18.0 Å². The number of anilines is 3. The number of hydrogen-bond donors (Lipinski definition) is 1. The number of rotatable bonds is 5. The molecule has 1 aliphatic rings. The summed E-state index contributed by atoms with van der Waals surface area (Å²) in [5.41, 5.74) is 0.722. The van der Waals surface area contributed by atoms with Gasteiger partial charge in [-0.2, -0.15) is 17.5 Å². The molecule has 7 nitrogen and oxygen atoms in total. The summed E-state index contributed by atoms with van der Waals surface area (Å²) >= 11 is 0. The van der Waals surface area contributed by atoms with Crippen molar-refractivity contribution in [3.63, 3.8) is 0 Å². The zero-order chi connectivity index (χ0) is 23.6. The molecular formula is C22H22F3N5O2S. The molecule has 1 aromatic heterocycles. The van der Waals surface area contributed by atoms with Gasteiger partial charge in [-0.25, -0.2) is 18.4 Å². The van der Waals surface area contributed by atoms with E-state index in [-0.39, 0.29) is 4.90 Å². The summed E-state index contributed by atoms with van der Waals surface area (Å²) in [5.74, 6) is 1.03. The van der Waals surface area contributed by atoms with Crippen LogP contribution in [0.15, 0.2) is 65.8 Å². The molecule has 0 bridgehead atoms. The second-order valence-electron chi connectivity index (χ2n) is 7.67. The van der Waals surface area contributed by atoms with Crippen LogP contribution in [0.3, 0.4) is 0 Å². The van der Waals surface area contributed by atoms with Gasteiger partial charge in [0, 0.05) is 37.9 Å². The van der Waals surface area contributed by atoms with Gasteiger partial charge in [-0.15, -0.1) is 0 Å². The first-order valence-electron chi connectivity index (χ1n) is 10.2. The van der Waals surface area contributed by atoms with Gasteiger partial charge in [0.05, 0.1) is 10.5 Å². The predicted molar refractivity (Wildman–Crippen MR) is 119 cm³/mol. The lowest BCUT2D eigenvalue weighted by atomic mass is 10.2. The minimum Gasteiger partial charge on any atom is -0.354 e. The summed E-state index contributed by atoms with van der Waals surface area (Å²) in [6.45, 7) is 3.41. The molecule has 174 valence electrons. The summed E-state index contributed by atoms with van der Waals surface area (Å²) in [5, 5.41) is 2.97. The minimum absolute atomic E-state index is 0.270. The van der Waals surface area contributed by atoms with Gasteiger partial charge in [0.1, 0.15) is 18.0 Å². The van der Waals surface area contributed by atoms with E-state index in [4.69, 9.17) is 0 Å². The van der Waals surface area contributed by atoms with Gasteiger partial charge in [0.25, 0.3) is 0 Å². The van der Waals surface area contributed by atoms with E-state index >= 15 is 0 Å². The molecule has 0 amide bonds. The Bertz CT molecular complexity index is 1210. The van der Waals surface area contributed by atoms with E-state index in [9.17, 15) is 21.6 Å². The minimum atomic E-state index is -4.39. The highest BCUT2D eigenvalue weighted by Gasteiger charge is 2.30. The Balaban J connectivity index is 1.41. The first-order chi connectivity index (χ1) is 15.6. The smallest absolute Gasteiger partial charge is 0.354 e. The molecular weight excluding hydrogens is 455 g/mol. The highest BCUT2D eigenvalue weighted by Crippen LogP contribution is 2.30. The fourth-order valence-corrected chi connectivity index (χ4v) is 4.92. The van der Waals surface area contributed by atoms with Crippen LogP contribution in [0, 0.1) is 6.92 Å². The summed E-state index contributed by atoms with van der Waals surface area (Å²) in [4.78, 5) is 10.6. The quantitative estimate of drug-likeness (QED) is 0.597. The average Bonchev–Trinajstić information content (AvgIpc) is 2.79. The van der Waals surface area contributed by atoms with Crippen LogP contribution in [0.1, 0.15) is 11.1 Å². The Kier molecular flexibility index (Phi) is 6.26. The van der Waals surface area contributed by atoms with Crippen molar-refractivity contribution in [2.75, 3.05) is 36.4 Å². The molecule has 0 atom stereocenters. The second-order valence-corrected chi connectivity index (χ2v) is 9.60. The SMILES string of the molecule is Cc1ccc(S(=O)(=O)N2CCN(c3cc(Nc4ccc(C(F)(F)F)cc4)ncn3)CC2)cc1. The van der Waals surface area contributed by atoms with Crippen LogP contribution in [-0.2, 0) is 16.2 Å². The first kappa shape index (κ1) is 23.0. The van der Waals surface area contributed by atoms with E-state index in [2.05, 4.69) is 15.3 Å². The molecule has 1 fully saturated rings. The van der Waals surface area contributed by atoms with Crippen molar-refractivity contribution < 1.29 is 21.6 Å². The molecule has 0 aliphatic carbocycles. The van der Waals surface area contributed by atoms with Crippen LogP contribution < -0.4 is 10.2 Å². The number of aromatic nitrogens is 2. The van der Waals surface area contributed by atoms with Crippen LogP contribution >= 0.6 is 0 Å². The molecule has 3 aromatic rings. The molecule has 4 rings (SSSR count). The maximum atomic E-state index is 12.9. The number of nitrogens with one attached hydrogen (secondary N) is 1. The Morgan fingerprint density at radius 3 is 2.15 bits per heavy atom. The summed E-state index contributed by atoms with van der Waals surface area (Å²) in [6, 6.07) is 13.1. The molecule has 1 aliphatic heterocycles. The molecule has 0 unspecified atom stereocenters. The number of alkyl halides is 3. The normalized spacial score (nSPS) is 15.5. The van der Waals surface area contributed by atoms with Gasteiger partial charge in [-0.3, -0.25) is 0 Å². The fraction of sp³-hybridized carbons (Fsp3) is 0.273. The Labute approximate surface area is 189 Å². The van der Waals surface area contributed by atoms with Gasteiger partial charge < -0.3 is 10.2 Å². The van der Waals surface area contributed by atoms with E-state index in [1.54, 1.807) is 30.3 Å². The van der Waals surface area contributed by atoms with E-state index in [1.165, 1.54) is 22.8 Å². The molecule has 11 heteroatoms. The molecule has 0 radical (unpaired) electrons. The average molecular weight is 478 g/mol. The van der Waals surface area contributed by atoms with Crippen LogP contribution in [-0.4, -0.2) is 48.9 Å². The van der Waals surface area contributed by atoms with Crippen LogP contribution in [0.2, 0.25) is 0 Å². The van der Waals surface area contributed by atoms with E-state index < -0.39 is 21.8 Å². The topological polar surface area (TPSA) is 78.4 Å². The maximum Gasteiger partial charge on any atom is 0.416 e. The van der Waals surface area contributed by atoms with Crippen molar-refractivity contribution >= 4 is 27.3 Å². The lowest BCUT2D eigenvalue weighted by Crippen LogP contribution is -2.48. The van der Waals surface area contributed by atoms with E-state index in [0.29, 0.717) is 43.5 Å². The van der Waals surface area contributed by atoms with Crippen molar-refractivity contribution in [3.8, 4) is 0 Å². The summed E-state index contributed by atoms with van der Waals surface area (Å²) in [6.07, 6.45) is -3.03. The van der Waals surface area contributed by atoms with Crippen molar-refractivity contribution in [3.05, 3.63) is 72.1 Å². The van der Waals surface area contributed by atoms with Crippen molar-refractivity contribution in [1.29, 1.82) is 0 Å². The number of halogens is 3. The summed E-state index contributed by atoms with van der Waals surface area (Å²) < 4.78 is 65.4. The largest absolute Gasteiger partial charge is 0.416 e. The number of piperazine rings is 1. The lowest BCUT2D eigenvalue weighted by molar-refractivity contribution is -0.137. The zero-order valence-electron chi connectivity index (χ0n) is 17.7. The lowest BCUT2D eigenvalue weighted by Gasteiger charge is -2.34. The van der Waals surface area contributed by atoms with Gasteiger partial charge in [0.2, 0.25) is 10.0 Å². The second kappa shape index (κ2) is 8.99. The van der Waals surface area contributed by atoms with Crippen LogP contribution in [0.4, 0.5) is 30.5 Å². The summed E-state index contributed by atoms with van der Waals surface area (Å²) in [7, 11) is -3.57. The predicted octanol–water partition coefficient (Wildman–Crippen LogP) is 4.06. The van der Waals surface area contributed by atoms with Crippen LogP contribution in [0.25, 0.3) is 0 Å². The highest BCUT2D eigenvalue weighted by molar-refractivity contribution is 7.89. The Hall–Kier alpha value is -3.18. The molecule has 0 spiro atoms. The Morgan fingerprint density at radius 1 is 0.909 bits per heavy atom. The first-order valence-corrected chi connectivity index (χ1v) is 11.6. The van der Waals surface area contributed by atoms with Gasteiger partial charge in [-0.05, 0) is 43.3 Å². The third-order valence-corrected chi connectivity index (χ3v) is 7.27. The molecule has 0 saturated carbocycles. The zero-order valence-corrected chi connectivity index (χ0v) is 18.6. The highest BCUT2D eigenvalue weighted by atomic mass is 32.2. The van der Waals surface area contributed by atoms with Gasteiger partial charge in [-0.1, -0.05) is 17.7 Å². The molecule has 1 saturated heterocycles. The fourth-order valence-electron chi connectivity index (χ4n) is 3.50. The number of nitrogens with zero attached hydrogens (tertiary/aromatic N) is 4. The van der Waals surface area contributed by atoms with Gasteiger partial charge in [0.15, 0.2) is 0 Å². The molecule has 33 heavy (non-hydrogen) atoms.